The lowest BCUT2D eigenvalue weighted by molar-refractivity contribution is -0.118. The van der Waals surface area contributed by atoms with Gasteiger partial charge >= 0.3 is 6.03 Å². The van der Waals surface area contributed by atoms with Crippen LogP contribution in [0.1, 0.15) is 17.2 Å². The lowest BCUT2D eigenvalue weighted by Crippen LogP contribution is -2.46. The number of Topliss-reactive ketones (excluding diaryl/α,β-unsaturated/α-hetero) is 1. The number of ether oxygens (including phenoxy) is 1. The molecule has 0 aliphatic carbocycles. The molecule has 1 unspecified atom stereocenters. The molecule has 35 heavy (non-hydrogen) atoms. The van der Waals surface area contributed by atoms with Crippen molar-refractivity contribution in [2.75, 3.05) is 49.6 Å². The summed E-state index contributed by atoms with van der Waals surface area (Å²) in [6.07, 6.45) is 1.82. The van der Waals surface area contributed by atoms with Gasteiger partial charge in [0.05, 0.1) is 31.4 Å². The minimum atomic E-state index is -0.430. The Labute approximate surface area is 205 Å². The Morgan fingerprint density at radius 3 is 2.40 bits per heavy atom. The van der Waals surface area contributed by atoms with Gasteiger partial charge in [0.15, 0.2) is 5.78 Å². The number of hydrogen-bond acceptors (Lipinski definition) is 5. The molecule has 2 fully saturated rings. The molecular formula is C28H28N4O3. The SMILES string of the molecule is O=C1C(=Cc2cccc(N3CCOCC3)n2)CN(C(=O)Nc2ccccc2)CC1c1ccccc1. The molecule has 1 atom stereocenters. The summed E-state index contributed by atoms with van der Waals surface area (Å²) in [5.41, 5.74) is 2.89. The number of carbonyl (C=O) groups excluding carboxylic acids is 2. The fraction of sp³-hybridized carbons (Fsp3) is 0.250. The standard InChI is InChI=1S/C28H28N4O3/c33-27-22(18-24-12-7-13-26(29-24)31-14-16-35-17-15-31)19-32(20-25(27)21-8-3-1-4-9-21)28(34)30-23-10-5-2-6-11-23/h1-13,18,25H,14-17,19-20H2,(H,30,34). The van der Waals surface area contributed by atoms with Gasteiger partial charge in [-0.25, -0.2) is 9.78 Å². The molecule has 1 N–H and O–H groups in total. The summed E-state index contributed by atoms with van der Waals surface area (Å²) in [6.45, 7) is 3.47. The number of nitrogens with one attached hydrogen (secondary N) is 1. The molecule has 1 aromatic heterocycles. The van der Waals surface area contributed by atoms with E-state index in [0.29, 0.717) is 31.0 Å². The van der Waals surface area contributed by atoms with E-state index in [2.05, 4.69) is 10.2 Å². The van der Waals surface area contributed by atoms with Crippen LogP contribution >= 0.6 is 0 Å². The molecule has 2 aromatic carbocycles. The van der Waals surface area contributed by atoms with Gasteiger partial charge in [-0.2, -0.15) is 0 Å². The average Bonchev–Trinajstić information content (AvgIpc) is 2.91. The molecular weight excluding hydrogens is 440 g/mol. The molecule has 0 bridgehead atoms. The molecule has 2 saturated heterocycles. The van der Waals surface area contributed by atoms with E-state index in [4.69, 9.17) is 9.72 Å². The molecule has 178 valence electrons. The van der Waals surface area contributed by atoms with Crippen LogP contribution in [-0.2, 0) is 9.53 Å². The molecule has 3 heterocycles. The second-order valence-electron chi connectivity index (χ2n) is 8.69. The third-order valence-corrected chi connectivity index (χ3v) is 6.32. The van der Waals surface area contributed by atoms with Gasteiger partial charge in [0.2, 0.25) is 0 Å². The Kier molecular flexibility index (Phi) is 6.86. The summed E-state index contributed by atoms with van der Waals surface area (Å²) in [5, 5.41) is 2.95. The first-order valence-electron chi connectivity index (χ1n) is 11.9. The average molecular weight is 469 g/mol. The third-order valence-electron chi connectivity index (χ3n) is 6.32. The quantitative estimate of drug-likeness (QED) is 0.581. The highest BCUT2D eigenvalue weighted by Crippen LogP contribution is 2.29. The van der Waals surface area contributed by atoms with E-state index >= 15 is 0 Å². The summed E-state index contributed by atoms with van der Waals surface area (Å²) in [7, 11) is 0. The van der Waals surface area contributed by atoms with E-state index in [0.717, 1.165) is 30.2 Å². The summed E-state index contributed by atoms with van der Waals surface area (Å²) >= 11 is 0. The van der Waals surface area contributed by atoms with Gasteiger partial charge in [0.1, 0.15) is 5.82 Å². The van der Waals surface area contributed by atoms with Crippen LogP contribution in [-0.4, -0.2) is 61.1 Å². The van der Waals surface area contributed by atoms with E-state index in [1.807, 2.05) is 84.9 Å². The number of para-hydroxylation sites is 1. The smallest absolute Gasteiger partial charge is 0.322 e. The predicted octanol–water partition coefficient (Wildman–Crippen LogP) is 4.20. The number of likely N-dealkylation sites (tertiary alicyclic amines) is 1. The highest BCUT2D eigenvalue weighted by atomic mass is 16.5. The lowest BCUT2D eigenvalue weighted by Gasteiger charge is -2.33. The fourth-order valence-electron chi connectivity index (χ4n) is 4.48. The van der Waals surface area contributed by atoms with Crippen molar-refractivity contribution in [2.45, 2.75) is 5.92 Å². The van der Waals surface area contributed by atoms with E-state index in [1.54, 1.807) is 4.90 Å². The molecule has 3 aromatic rings. The molecule has 2 aliphatic heterocycles. The van der Waals surface area contributed by atoms with Crippen LogP contribution in [0.5, 0.6) is 0 Å². The van der Waals surface area contributed by atoms with Crippen LogP contribution in [0, 0.1) is 0 Å². The minimum absolute atomic E-state index is 0.0264. The number of hydrogen-bond donors (Lipinski definition) is 1. The molecule has 7 heteroatoms. The normalized spacial score (nSPS) is 19.6. The summed E-state index contributed by atoms with van der Waals surface area (Å²) in [5.74, 6) is 0.461. The van der Waals surface area contributed by atoms with Crippen molar-refractivity contribution < 1.29 is 14.3 Å². The van der Waals surface area contributed by atoms with Crippen molar-refractivity contribution in [3.63, 3.8) is 0 Å². The summed E-state index contributed by atoms with van der Waals surface area (Å²) < 4.78 is 5.45. The Hall–Kier alpha value is -3.97. The first kappa shape index (κ1) is 22.8. The number of ketones is 1. The van der Waals surface area contributed by atoms with Gasteiger partial charge in [0.25, 0.3) is 0 Å². The van der Waals surface area contributed by atoms with E-state index in [9.17, 15) is 9.59 Å². The first-order chi connectivity index (χ1) is 17.2. The van der Waals surface area contributed by atoms with Gasteiger partial charge in [-0.05, 0) is 35.9 Å². The minimum Gasteiger partial charge on any atom is -0.378 e. The maximum absolute atomic E-state index is 13.6. The largest absolute Gasteiger partial charge is 0.378 e. The van der Waals surface area contributed by atoms with Crippen molar-refractivity contribution >= 4 is 29.4 Å². The second-order valence-corrected chi connectivity index (χ2v) is 8.69. The number of nitrogens with zero attached hydrogens (tertiary/aromatic N) is 3. The van der Waals surface area contributed by atoms with E-state index in [1.165, 1.54) is 0 Å². The Balaban J connectivity index is 1.43. The monoisotopic (exact) mass is 468 g/mol. The summed E-state index contributed by atoms with van der Waals surface area (Å²) in [6, 6.07) is 24.6. The number of pyridine rings is 1. The third kappa shape index (κ3) is 5.41. The van der Waals surface area contributed by atoms with Crippen LogP contribution in [0.2, 0.25) is 0 Å². The Bertz CT molecular complexity index is 1210. The first-order valence-corrected chi connectivity index (χ1v) is 11.9. The highest BCUT2D eigenvalue weighted by Gasteiger charge is 2.34. The number of aromatic nitrogens is 1. The van der Waals surface area contributed by atoms with Gasteiger partial charge in [0, 0.05) is 30.9 Å². The zero-order valence-corrected chi connectivity index (χ0v) is 19.5. The fourth-order valence-corrected chi connectivity index (χ4v) is 4.48. The van der Waals surface area contributed by atoms with Crippen molar-refractivity contribution in [1.29, 1.82) is 0 Å². The molecule has 0 saturated carbocycles. The van der Waals surface area contributed by atoms with Crippen molar-refractivity contribution in [3.8, 4) is 0 Å². The molecule has 7 nitrogen and oxygen atoms in total. The van der Waals surface area contributed by atoms with Gasteiger partial charge in [-0.3, -0.25) is 4.79 Å². The topological polar surface area (TPSA) is 74.8 Å². The number of carbonyl (C=O) groups is 2. The van der Waals surface area contributed by atoms with E-state index < -0.39 is 5.92 Å². The zero-order valence-electron chi connectivity index (χ0n) is 19.5. The zero-order chi connectivity index (χ0) is 24.0. The Morgan fingerprint density at radius 1 is 0.943 bits per heavy atom. The number of morpholine rings is 1. The summed E-state index contributed by atoms with van der Waals surface area (Å²) in [4.78, 5) is 35.4. The van der Waals surface area contributed by atoms with Crippen LogP contribution in [0.3, 0.4) is 0 Å². The Morgan fingerprint density at radius 2 is 1.66 bits per heavy atom. The van der Waals surface area contributed by atoms with Crippen molar-refractivity contribution in [1.82, 2.24) is 9.88 Å². The second kappa shape index (κ2) is 10.5. The van der Waals surface area contributed by atoms with Crippen LogP contribution in [0.15, 0.2) is 84.4 Å². The van der Waals surface area contributed by atoms with Crippen molar-refractivity contribution in [3.05, 3.63) is 95.7 Å². The number of amides is 2. The molecule has 5 rings (SSSR count). The number of rotatable bonds is 4. The maximum Gasteiger partial charge on any atom is 0.322 e. The van der Waals surface area contributed by atoms with E-state index in [-0.39, 0.29) is 18.4 Å². The van der Waals surface area contributed by atoms with Crippen LogP contribution < -0.4 is 10.2 Å². The van der Waals surface area contributed by atoms with Gasteiger partial charge < -0.3 is 19.9 Å². The van der Waals surface area contributed by atoms with Crippen molar-refractivity contribution in [2.24, 2.45) is 0 Å². The molecule has 0 spiro atoms. The van der Waals surface area contributed by atoms with Crippen LogP contribution in [0.4, 0.5) is 16.3 Å². The number of benzene rings is 2. The van der Waals surface area contributed by atoms with Crippen LogP contribution in [0.25, 0.3) is 6.08 Å². The molecule has 2 amide bonds. The maximum atomic E-state index is 13.6. The molecule has 0 radical (unpaired) electrons. The number of urea groups is 1. The van der Waals surface area contributed by atoms with Gasteiger partial charge in [-0.15, -0.1) is 0 Å². The molecule has 2 aliphatic rings. The number of piperidine rings is 1. The number of anilines is 2. The highest BCUT2D eigenvalue weighted by molar-refractivity contribution is 6.06. The lowest BCUT2D eigenvalue weighted by atomic mass is 9.86. The predicted molar refractivity (Wildman–Crippen MR) is 136 cm³/mol. The van der Waals surface area contributed by atoms with Gasteiger partial charge in [-0.1, -0.05) is 54.6 Å².